The Hall–Kier alpha value is -2.15. The number of hydrogen-bond acceptors (Lipinski definition) is 3. The van der Waals surface area contributed by atoms with E-state index in [4.69, 9.17) is 15.3 Å². The maximum atomic E-state index is 9.60. The van der Waals surface area contributed by atoms with Crippen molar-refractivity contribution < 1.29 is 29.7 Å². The van der Waals surface area contributed by atoms with Gasteiger partial charge in [0.15, 0.2) is 0 Å². The van der Waals surface area contributed by atoms with E-state index in [1.807, 2.05) is 0 Å². The highest BCUT2D eigenvalue weighted by molar-refractivity contribution is 5.85. The molecule has 6 nitrogen and oxygen atoms in total. The molecule has 110 valence electrons. The van der Waals surface area contributed by atoms with E-state index < -0.39 is 17.9 Å². The summed E-state index contributed by atoms with van der Waals surface area (Å²) in [6.45, 7) is 13.8. The van der Waals surface area contributed by atoms with Gasteiger partial charge in [-0.25, -0.2) is 14.4 Å². The van der Waals surface area contributed by atoms with Gasteiger partial charge >= 0.3 is 17.9 Å². The molecular weight excluding hydrogens is 268 g/mol. The molecule has 19 heavy (non-hydrogen) atoms. The van der Waals surface area contributed by atoms with Crippen molar-refractivity contribution in [3.63, 3.8) is 0 Å². The van der Waals surface area contributed by atoms with Crippen LogP contribution in [0.4, 0.5) is 0 Å². The van der Waals surface area contributed by atoms with Crippen LogP contribution in [-0.4, -0.2) is 44.2 Å². The Labute approximate surface area is 116 Å². The fraction of sp³-hybridized carbons (Fsp3) is 0.250. The van der Waals surface area contributed by atoms with Crippen molar-refractivity contribution in [1.29, 1.82) is 0 Å². The van der Waals surface area contributed by atoms with Crippen LogP contribution in [0.5, 0.6) is 0 Å². The highest BCUT2D eigenvalue weighted by atomic mass is 28.1. The number of carboxylic acid groups (broad SMARTS) is 3. The minimum absolute atomic E-state index is 0. The topological polar surface area (TPSA) is 112 Å². The summed E-state index contributed by atoms with van der Waals surface area (Å²) < 4.78 is 0. The SMILES string of the molecule is C=C(C)C(=O)O.C=C(C)C(=O)O.C=C(C)C(=O)O.[SiH4]. The summed E-state index contributed by atoms with van der Waals surface area (Å²) in [5, 5.41) is 23.7. The zero-order valence-corrected chi connectivity index (χ0v) is 10.7. The largest absolute Gasteiger partial charge is 0.478 e. The van der Waals surface area contributed by atoms with Gasteiger partial charge in [0.05, 0.1) is 0 Å². The summed E-state index contributed by atoms with van der Waals surface area (Å²) in [5.74, 6) is -2.81. The van der Waals surface area contributed by atoms with E-state index in [2.05, 4.69) is 19.7 Å². The molecule has 0 aliphatic rings. The van der Waals surface area contributed by atoms with E-state index in [0.717, 1.165) is 0 Å². The first-order valence-corrected chi connectivity index (χ1v) is 4.59. The van der Waals surface area contributed by atoms with Crippen LogP contribution in [-0.2, 0) is 14.4 Å². The van der Waals surface area contributed by atoms with Gasteiger partial charge in [0.2, 0.25) is 0 Å². The molecule has 0 atom stereocenters. The lowest BCUT2D eigenvalue weighted by atomic mass is 10.4. The van der Waals surface area contributed by atoms with E-state index in [9.17, 15) is 14.4 Å². The van der Waals surface area contributed by atoms with Gasteiger partial charge in [0.25, 0.3) is 0 Å². The predicted molar refractivity (Wildman–Crippen MR) is 78.7 cm³/mol. The minimum atomic E-state index is -0.935. The number of carboxylic acids is 3. The van der Waals surface area contributed by atoms with E-state index in [1.54, 1.807) is 0 Å². The highest BCUT2D eigenvalue weighted by Crippen LogP contribution is 1.82. The van der Waals surface area contributed by atoms with E-state index in [0.29, 0.717) is 0 Å². The molecule has 0 fully saturated rings. The second-order valence-electron chi connectivity index (χ2n) is 3.26. The molecule has 0 aromatic carbocycles. The van der Waals surface area contributed by atoms with E-state index in [1.165, 1.54) is 20.8 Å². The monoisotopic (exact) mass is 290 g/mol. The minimum Gasteiger partial charge on any atom is -0.478 e. The first-order valence-electron chi connectivity index (χ1n) is 4.59. The quantitative estimate of drug-likeness (QED) is 0.515. The standard InChI is InChI=1S/3C4H6O2.H4Si/c3*1-3(2)4(5)6;/h3*1H2,2H3,(H,5,6);1H4. The van der Waals surface area contributed by atoms with Crippen molar-refractivity contribution in [2.24, 2.45) is 0 Å². The van der Waals surface area contributed by atoms with Gasteiger partial charge < -0.3 is 15.3 Å². The Morgan fingerprint density at radius 2 is 0.684 bits per heavy atom. The average Bonchev–Trinajstić information content (AvgIpc) is 2.18. The van der Waals surface area contributed by atoms with Crippen LogP contribution >= 0.6 is 0 Å². The van der Waals surface area contributed by atoms with Crippen LogP contribution in [0.1, 0.15) is 20.8 Å². The molecule has 0 amide bonds. The summed E-state index contributed by atoms with van der Waals surface area (Å²) in [6.07, 6.45) is 0. The molecule has 0 saturated heterocycles. The molecule has 0 aliphatic carbocycles. The number of hydrogen-bond donors (Lipinski definition) is 3. The molecule has 3 N–H and O–H groups in total. The third kappa shape index (κ3) is 31.3. The summed E-state index contributed by atoms with van der Waals surface area (Å²) in [6, 6.07) is 0. The molecule has 0 radical (unpaired) electrons. The molecule has 0 aromatic heterocycles. The second kappa shape index (κ2) is 13.9. The van der Waals surface area contributed by atoms with Crippen molar-refractivity contribution in [3.8, 4) is 0 Å². The lowest BCUT2D eigenvalue weighted by Crippen LogP contribution is -1.92. The Morgan fingerprint density at radius 3 is 0.684 bits per heavy atom. The summed E-state index contributed by atoms with van der Waals surface area (Å²) >= 11 is 0. The third-order valence-corrected chi connectivity index (χ3v) is 1.10. The molecule has 0 spiro atoms. The van der Waals surface area contributed by atoms with Crippen molar-refractivity contribution in [2.45, 2.75) is 20.8 Å². The van der Waals surface area contributed by atoms with Crippen LogP contribution in [0.25, 0.3) is 0 Å². The summed E-state index contributed by atoms with van der Waals surface area (Å²) in [5.41, 5.74) is 0.528. The lowest BCUT2D eigenvalue weighted by molar-refractivity contribution is -0.133. The van der Waals surface area contributed by atoms with Gasteiger partial charge in [-0.15, -0.1) is 0 Å². The van der Waals surface area contributed by atoms with Crippen LogP contribution < -0.4 is 0 Å². The lowest BCUT2D eigenvalue weighted by Gasteiger charge is -1.79. The Morgan fingerprint density at radius 1 is 0.632 bits per heavy atom. The number of rotatable bonds is 3. The predicted octanol–water partition coefficient (Wildman–Crippen LogP) is 0.490. The third-order valence-electron chi connectivity index (χ3n) is 1.10. The number of aliphatic carboxylic acids is 3. The smallest absolute Gasteiger partial charge is 0.330 e. The van der Waals surface area contributed by atoms with Gasteiger partial charge in [-0.2, -0.15) is 0 Å². The highest BCUT2D eigenvalue weighted by Gasteiger charge is 1.91. The maximum absolute atomic E-state index is 9.60. The average molecular weight is 290 g/mol. The molecule has 0 rings (SSSR count). The normalized spacial score (nSPS) is 7.11. The van der Waals surface area contributed by atoms with Crippen LogP contribution in [0.15, 0.2) is 36.5 Å². The van der Waals surface area contributed by atoms with Gasteiger partial charge in [0, 0.05) is 16.7 Å². The molecular formula is C12H22O6Si. The Kier molecular flexibility index (Phi) is 18.8. The first kappa shape index (κ1) is 25.6. The molecule has 0 unspecified atom stereocenters. The van der Waals surface area contributed by atoms with Gasteiger partial charge in [-0.1, -0.05) is 19.7 Å². The van der Waals surface area contributed by atoms with E-state index >= 15 is 0 Å². The molecule has 7 heteroatoms. The van der Waals surface area contributed by atoms with Crippen LogP contribution in [0.2, 0.25) is 0 Å². The maximum Gasteiger partial charge on any atom is 0.330 e. The molecule has 0 heterocycles. The number of carbonyl (C=O) groups is 3. The van der Waals surface area contributed by atoms with Gasteiger partial charge in [0.1, 0.15) is 0 Å². The Bertz CT molecular complexity index is 277. The van der Waals surface area contributed by atoms with Crippen molar-refractivity contribution >= 4 is 28.9 Å². The molecule has 0 saturated carbocycles. The zero-order chi connectivity index (χ0) is 15.5. The van der Waals surface area contributed by atoms with Crippen molar-refractivity contribution in [3.05, 3.63) is 36.5 Å². The molecule has 0 aromatic rings. The Balaban J connectivity index is -0.0000000865. The summed E-state index contributed by atoms with van der Waals surface area (Å²) in [4.78, 5) is 28.8. The molecule has 0 bridgehead atoms. The van der Waals surface area contributed by atoms with Gasteiger partial charge in [-0.05, 0) is 31.7 Å². The summed E-state index contributed by atoms with van der Waals surface area (Å²) in [7, 11) is 0. The second-order valence-corrected chi connectivity index (χ2v) is 3.26. The fourth-order valence-electron chi connectivity index (χ4n) is 0. The van der Waals surface area contributed by atoms with Crippen LogP contribution in [0, 0.1) is 0 Å². The molecule has 0 aliphatic heterocycles. The van der Waals surface area contributed by atoms with Crippen molar-refractivity contribution in [2.75, 3.05) is 0 Å². The van der Waals surface area contributed by atoms with E-state index in [-0.39, 0.29) is 27.7 Å². The fourth-order valence-corrected chi connectivity index (χ4v) is 0. The van der Waals surface area contributed by atoms with Crippen molar-refractivity contribution in [1.82, 2.24) is 0 Å². The first-order chi connectivity index (χ1) is 7.93. The van der Waals surface area contributed by atoms with Gasteiger partial charge in [-0.3, -0.25) is 0 Å². The van der Waals surface area contributed by atoms with Crippen LogP contribution in [0.3, 0.4) is 0 Å². The zero-order valence-electron chi connectivity index (χ0n) is 10.7.